The SMILES string of the molecule is [3H]CC(=N)OC. The Balaban J connectivity index is 2.99. The Morgan fingerprint density at radius 1 is 2.20 bits per heavy atom. The molecule has 2 nitrogen and oxygen atoms in total. The zero-order valence-electron chi connectivity index (χ0n) is 4.12. The summed E-state index contributed by atoms with van der Waals surface area (Å²) in [5.41, 5.74) is 0. The van der Waals surface area contributed by atoms with Crippen molar-refractivity contribution in [3.63, 3.8) is 0 Å². The molecule has 0 aromatic carbocycles. The average Bonchev–Trinajstić information content (AvgIpc) is 1.65. The molecule has 30 valence electrons. The fourth-order valence-electron chi connectivity index (χ4n) is 0. The Morgan fingerprint density at radius 3 is 2.80 bits per heavy atom. The molecular weight excluding hydrogens is 66.0 g/mol. The lowest BCUT2D eigenvalue weighted by atomic mass is 10.8. The van der Waals surface area contributed by atoms with Gasteiger partial charge < -0.3 is 4.74 Å². The van der Waals surface area contributed by atoms with Gasteiger partial charge in [-0.1, -0.05) is 0 Å². The van der Waals surface area contributed by atoms with E-state index >= 15 is 0 Å². The van der Waals surface area contributed by atoms with Gasteiger partial charge in [0.25, 0.3) is 0 Å². The second-order valence-corrected chi connectivity index (χ2v) is 0.627. The van der Waals surface area contributed by atoms with Crippen LogP contribution in [0.1, 0.15) is 8.27 Å². The minimum Gasteiger partial charge on any atom is -0.485 e. The molecule has 0 radical (unpaired) electrons. The molecule has 0 unspecified atom stereocenters. The summed E-state index contributed by atoms with van der Waals surface area (Å²) >= 11 is 0. The van der Waals surface area contributed by atoms with Crippen LogP contribution in [0, 0.1) is 5.41 Å². The average molecular weight is 75.1 g/mol. The van der Waals surface area contributed by atoms with E-state index in [2.05, 4.69) is 4.74 Å². The van der Waals surface area contributed by atoms with Crippen LogP contribution in [0.3, 0.4) is 0 Å². The van der Waals surface area contributed by atoms with Crippen LogP contribution in [0.2, 0.25) is 0 Å². The van der Waals surface area contributed by atoms with E-state index in [1.165, 1.54) is 7.11 Å². The van der Waals surface area contributed by atoms with Crippen molar-refractivity contribution in [1.29, 1.82) is 5.41 Å². The Hall–Kier alpha value is -0.530. The summed E-state index contributed by atoms with van der Waals surface area (Å²) in [4.78, 5) is 0. The summed E-state index contributed by atoms with van der Waals surface area (Å²) in [6.45, 7) is -0.0590. The van der Waals surface area contributed by atoms with E-state index in [1.54, 1.807) is 0 Å². The lowest BCUT2D eigenvalue weighted by Gasteiger charge is -1.85. The van der Waals surface area contributed by atoms with Crippen molar-refractivity contribution >= 4 is 5.90 Å². The molecule has 0 aromatic heterocycles. The van der Waals surface area contributed by atoms with Gasteiger partial charge in [-0.05, 0) is 0 Å². The number of nitrogens with one attached hydrogen (secondary N) is 1. The van der Waals surface area contributed by atoms with Gasteiger partial charge in [-0.25, -0.2) is 0 Å². The largest absolute Gasteiger partial charge is 0.485 e. The first-order valence-corrected chi connectivity index (χ1v) is 1.22. The molecule has 0 fully saturated rings. The van der Waals surface area contributed by atoms with Gasteiger partial charge in [-0.3, -0.25) is 5.41 Å². The van der Waals surface area contributed by atoms with Crippen LogP contribution in [0.25, 0.3) is 0 Å². The summed E-state index contributed by atoms with van der Waals surface area (Å²) in [5.74, 6) is 0.00926. The number of ether oxygens (including phenoxy) is 1. The number of methoxy groups -OCH3 is 1. The Morgan fingerprint density at radius 2 is 2.80 bits per heavy atom. The van der Waals surface area contributed by atoms with Crippen LogP contribution in [0.4, 0.5) is 0 Å². The Kier molecular flexibility index (Phi) is 0.947. The number of hydrogen-bond acceptors (Lipinski definition) is 2. The van der Waals surface area contributed by atoms with Gasteiger partial charge in [0.2, 0.25) is 0 Å². The molecule has 1 N–H and O–H groups in total. The molecule has 0 aliphatic heterocycles. The molecule has 0 atom stereocenters. The second kappa shape index (κ2) is 1.76. The monoisotopic (exact) mass is 75.1 g/mol. The standard InChI is InChI=1S/C3H7NO/c1-3(4)5-2/h4H,1-2H3/i1T. The normalized spacial score (nSPS) is 9.40. The number of rotatable bonds is 0. The van der Waals surface area contributed by atoms with Crippen LogP contribution in [0.15, 0.2) is 0 Å². The maximum absolute atomic E-state index is 6.58. The van der Waals surface area contributed by atoms with Gasteiger partial charge >= 0.3 is 0 Å². The number of hydrogen-bond donors (Lipinski definition) is 1. The van der Waals surface area contributed by atoms with E-state index in [1.807, 2.05) is 0 Å². The molecule has 0 aliphatic carbocycles. The molecule has 0 saturated carbocycles. The predicted octanol–water partition coefficient (Wildman–Crippen LogP) is 0.630. The van der Waals surface area contributed by atoms with Gasteiger partial charge in [0, 0.05) is 8.27 Å². The van der Waals surface area contributed by atoms with Gasteiger partial charge in [0.1, 0.15) is 0 Å². The Labute approximate surface area is 32.7 Å². The maximum Gasteiger partial charge on any atom is 0.176 e. The molecule has 0 saturated heterocycles. The predicted molar refractivity (Wildman–Crippen MR) is 20.4 cm³/mol. The van der Waals surface area contributed by atoms with E-state index in [0.29, 0.717) is 0 Å². The van der Waals surface area contributed by atoms with E-state index < -0.39 is 0 Å². The van der Waals surface area contributed by atoms with Gasteiger partial charge in [-0.2, -0.15) is 0 Å². The van der Waals surface area contributed by atoms with Gasteiger partial charge in [-0.15, -0.1) is 0 Å². The third-order valence-electron chi connectivity index (χ3n) is 0.246. The molecule has 0 aliphatic rings. The van der Waals surface area contributed by atoms with E-state index in [0.717, 1.165) is 0 Å². The molecule has 0 amide bonds. The third kappa shape index (κ3) is 3.47. The van der Waals surface area contributed by atoms with Crippen molar-refractivity contribution in [2.75, 3.05) is 7.11 Å². The first kappa shape index (κ1) is 2.69. The van der Waals surface area contributed by atoms with E-state index in [9.17, 15) is 0 Å². The molecule has 5 heavy (non-hydrogen) atoms. The van der Waals surface area contributed by atoms with Crippen molar-refractivity contribution in [3.05, 3.63) is 0 Å². The summed E-state index contributed by atoms with van der Waals surface area (Å²) in [6, 6.07) is 0. The van der Waals surface area contributed by atoms with Crippen molar-refractivity contribution in [1.82, 2.24) is 0 Å². The van der Waals surface area contributed by atoms with Crippen molar-refractivity contribution in [2.24, 2.45) is 0 Å². The Bertz CT molecular complexity index is 48.8. The highest BCUT2D eigenvalue weighted by Crippen LogP contribution is 1.62. The zero-order valence-corrected chi connectivity index (χ0v) is 3.12. The van der Waals surface area contributed by atoms with Crippen LogP contribution in [-0.2, 0) is 4.74 Å². The topological polar surface area (TPSA) is 33.1 Å². The second-order valence-electron chi connectivity index (χ2n) is 0.627. The lowest BCUT2D eigenvalue weighted by molar-refractivity contribution is 0.396. The highest BCUT2D eigenvalue weighted by atomic mass is 16.5. The fourth-order valence-corrected chi connectivity index (χ4v) is 0. The molecule has 0 aromatic rings. The zero-order chi connectivity index (χ0) is 4.99. The van der Waals surface area contributed by atoms with Crippen molar-refractivity contribution < 1.29 is 6.11 Å². The molecule has 0 bridgehead atoms. The fraction of sp³-hybridized carbons (Fsp3) is 0.667. The minimum absolute atomic E-state index is 0.00926. The minimum atomic E-state index is -0.0590. The first-order chi connectivity index (χ1) is 2.81. The molecule has 0 heterocycles. The van der Waals surface area contributed by atoms with Crippen molar-refractivity contribution in [3.8, 4) is 0 Å². The quantitative estimate of drug-likeness (QED) is 0.332. The molecule has 0 spiro atoms. The van der Waals surface area contributed by atoms with Crippen LogP contribution in [0.5, 0.6) is 0 Å². The van der Waals surface area contributed by atoms with E-state index in [4.69, 9.17) is 6.78 Å². The summed E-state index contributed by atoms with van der Waals surface area (Å²) in [7, 11) is 1.39. The van der Waals surface area contributed by atoms with Gasteiger partial charge in [0.15, 0.2) is 5.90 Å². The molecule has 0 rings (SSSR count). The maximum atomic E-state index is 6.58. The highest BCUT2D eigenvalue weighted by molar-refractivity contribution is 5.68. The summed E-state index contributed by atoms with van der Waals surface area (Å²) in [6.07, 6.45) is 0. The van der Waals surface area contributed by atoms with Crippen LogP contribution >= 0.6 is 0 Å². The molecular formula is C3H7NO. The third-order valence-corrected chi connectivity index (χ3v) is 0.246. The first-order valence-electron chi connectivity index (χ1n) is 1.92. The van der Waals surface area contributed by atoms with Crippen LogP contribution < -0.4 is 0 Å². The van der Waals surface area contributed by atoms with E-state index in [-0.39, 0.29) is 12.8 Å². The summed E-state index contributed by atoms with van der Waals surface area (Å²) in [5, 5.41) is 6.58. The lowest BCUT2D eigenvalue weighted by Crippen LogP contribution is -1.87. The van der Waals surface area contributed by atoms with Gasteiger partial charge in [0.05, 0.1) is 7.11 Å². The smallest absolute Gasteiger partial charge is 0.176 e. The van der Waals surface area contributed by atoms with Crippen molar-refractivity contribution in [2.45, 2.75) is 6.90 Å². The summed E-state index contributed by atoms with van der Waals surface area (Å²) < 4.78 is 10.8. The highest BCUT2D eigenvalue weighted by Gasteiger charge is 1.68. The molecule has 2 heteroatoms. The van der Waals surface area contributed by atoms with Crippen LogP contribution in [-0.4, -0.2) is 13.0 Å².